The van der Waals surface area contributed by atoms with Crippen LogP contribution in [-0.2, 0) is 32.6 Å². The zero-order valence-corrected chi connectivity index (χ0v) is 30.3. The number of aryl methyl sites for hydroxylation is 3. The van der Waals surface area contributed by atoms with Crippen LogP contribution in [-0.4, -0.2) is 43.8 Å². The van der Waals surface area contributed by atoms with Gasteiger partial charge in [0.25, 0.3) is 10.0 Å². The fourth-order valence-corrected chi connectivity index (χ4v) is 7.80. The van der Waals surface area contributed by atoms with Gasteiger partial charge in [0, 0.05) is 23.5 Å². The van der Waals surface area contributed by atoms with Gasteiger partial charge in [-0.3, -0.25) is 13.9 Å². The lowest BCUT2D eigenvalue weighted by Gasteiger charge is -2.35. The van der Waals surface area contributed by atoms with E-state index < -0.39 is 28.5 Å². The summed E-state index contributed by atoms with van der Waals surface area (Å²) in [7, 11) is -4.16. The van der Waals surface area contributed by atoms with Gasteiger partial charge in [-0.15, -0.1) is 0 Å². The van der Waals surface area contributed by atoms with E-state index in [1.165, 1.54) is 4.31 Å². The number of nitrogens with zero attached hydrogens (tertiary/aromatic N) is 2. The van der Waals surface area contributed by atoms with E-state index in [-0.39, 0.29) is 29.8 Å². The maximum atomic E-state index is 14.7. The number of hydrogen-bond acceptors (Lipinski definition) is 4. The molecule has 0 unspecified atom stereocenters. The van der Waals surface area contributed by atoms with Crippen molar-refractivity contribution in [2.24, 2.45) is 0 Å². The van der Waals surface area contributed by atoms with Crippen molar-refractivity contribution in [3.8, 4) is 0 Å². The first kappa shape index (κ1) is 35.4. The Hall–Kier alpha value is -3.95. The normalized spacial score (nSPS) is 14.2. The second kappa shape index (κ2) is 16.0. The summed E-state index contributed by atoms with van der Waals surface area (Å²) in [5.41, 5.74) is 4.97. The van der Waals surface area contributed by atoms with Gasteiger partial charge >= 0.3 is 0 Å². The molecule has 0 saturated heterocycles. The van der Waals surface area contributed by atoms with Crippen LogP contribution in [0.2, 0.25) is 0 Å². The minimum absolute atomic E-state index is 0.0445. The van der Waals surface area contributed by atoms with E-state index in [0.29, 0.717) is 5.69 Å². The molecule has 252 valence electrons. The Kier molecular flexibility index (Phi) is 11.8. The van der Waals surface area contributed by atoms with Crippen molar-refractivity contribution in [1.82, 2.24) is 10.2 Å². The highest BCUT2D eigenvalue weighted by Crippen LogP contribution is 2.28. The number of nitrogens with one attached hydrogen (secondary N) is 1. The molecule has 7 nitrogen and oxygen atoms in total. The Morgan fingerprint density at radius 2 is 1.48 bits per heavy atom. The average molecular weight is 731 g/mol. The summed E-state index contributed by atoms with van der Waals surface area (Å²) in [4.78, 5) is 30.6. The van der Waals surface area contributed by atoms with Gasteiger partial charge in [-0.1, -0.05) is 101 Å². The third-order valence-corrected chi connectivity index (χ3v) is 11.5. The zero-order chi connectivity index (χ0) is 34.3. The van der Waals surface area contributed by atoms with Gasteiger partial charge in [-0.25, -0.2) is 8.42 Å². The number of sulfonamides is 1. The Balaban J connectivity index is 1.57. The summed E-state index contributed by atoms with van der Waals surface area (Å²) in [6.07, 6.45) is 5.35. The number of carbonyl (C=O) groups excluding carboxylic acids is 2. The lowest BCUT2D eigenvalue weighted by atomic mass is 9.94. The fraction of sp³-hybridized carbons (Fsp3) is 0.333. The van der Waals surface area contributed by atoms with E-state index in [1.807, 2.05) is 81.4 Å². The van der Waals surface area contributed by atoms with Crippen LogP contribution in [0.1, 0.15) is 59.9 Å². The quantitative estimate of drug-likeness (QED) is 0.162. The maximum Gasteiger partial charge on any atom is 0.264 e. The van der Waals surface area contributed by atoms with Crippen molar-refractivity contribution in [1.29, 1.82) is 0 Å². The molecule has 0 heterocycles. The second-order valence-corrected chi connectivity index (χ2v) is 15.6. The number of anilines is 1. The smallest absolute Gasteiger partial charge is 0.264 e. The fourth-order valence-electron chi connectivity index (χ4n) is 6.13. The topological polar surface area (TPSA) is 86.8 Å². The maximum absolute atomic E-state index is 14.7. The second-order valence-electron chi connectivity index (χ2n) is 12.8. The highest BCUT2D eigenvalue weighted by molar-refractivity contribution is 9.10. The van der Waals surface area contributed by atoms with Gasteiger partial charge in [0.1, 0.15) is 12.6 Å². The molecular formula is C39H44BrN3O4S. The first-order valence-corrected chi connectivity index (χ1v) is 18.8. The summed E-state index contributed by atoms with van der Waals surface area (Å²) in [6, 6.07) is 28.5. The molecule has 1 aliphatic rings. The lowest BCUT2D eigenvalue weighted by molar-refractivity contribution is -0.140. The van der Waals surface area contributed by atoms with Crippen molar-refractivity contribution in [2.45, 2.75) is 82.8 Å². The first-order chi connectivity index (χ1) is 23.0. The van der Waals surface area contributed by atoms with Crippen molar-refractivity contribution < 1.29 is 18.0 Å². The molecular weight excluding hydrogens is 686 g/mol. The molecule has 1 saturated carbocycles. The molecule has 1 N–H and O–H groups in total. The van der Waals surface area contributed by atoms with Crippen molar-refractivity contribution in [2.75, 3.05) is 10.8 Å². The molecule has 2 amide bonds. The first-order valence-electron chi connectivity index (χ1n) is 16.6. The summed E-state index contributed by atoms with van der Waals surface area (Å²) in [5, 5.41) is 3.26. The van der Waals surface area contributed by atoms with Crippen LogP contribution in [0.5, 0.6) is 0 Å². The van der Waals surface area contributed by atoms with E-state index in [2.05, 4.69) is 21.2 Å². The summed E-state index contributed by atoms with van der Waals surface area (Å²) in [6.45, 7) is 5.43. The monoisotopic (exact) mass is 729 g/mol. The minimum Gasteiger partial charge on any atom is -0.352 e. The number of hydrogen-bond donors (Lipinski definition) is 1. The minimum atomic E-state index is -4.16. The molecule has 1 fully saturated rings. The molecule has 5 rings (SSSR count). The van der Waals surface area contributed by atoms with E-state index in [9.17, 15) is 18.0 Å². The average Bonchev–Trinajstić information content (AvgIpc) is 3.08. The van der Waals surface area contributed by atoms with Crippen molar-refractivity contribution >= 4 is 43.5 Å². The third kappa shape index (κ3) is 8.94. The van der Waals surface area contributed by atoms with Gasteiger partial charge in [0.2, 0.25) is 11.8 Å². The summed E-state index contributed by atoms with van der Waals surface area (Å²) in [5.74, 6) is -0.693. The van der Waals surface area contributed by atoms with Crippen LogP contribution in [0.4, 0.5) is 5.69 Å². The number of carbonyl (C=O) groups is 2. The molecule has 1 atom stereocenters. The zero-order valence-electron chi connectivity index (χ0n) is 27.9. The Morgan fingerprint density at radius 1 is 0.812 bits per heavy atom. The van der Waals surface area contributed by atoms with E-state index >= 15 is 0 Å². The van der Waals surface area contributed by atoms with E-state index in [1.54, 1.807) is 41.3 Å². The molecule has 0 radical (unpaired) electrons. The number of benzene rings is 4. The number of halogens is 1. The Labute approximate surface area is 293 Å². The van der Waals surface area contributed by atoms with Crippen LogP contribution in [0, 0.1) is 20.8 Å². The van der Waals surface area contributed by atoms with Gasteiger partial charge < -0.3 is 10.2 Å². The van der Waals surface area contributed by atoms with Crippen molar-refractivity contribution in [3.63, 3.8) is 0 Å². The molecule has 1 aliphatic carbocycles. The van der Waals surface area contributed by atoms with Gasteiger partial charge in [0.05, 0.1) is 10.6 Å². The summed E-state index contributed by atoms with van der Waals surface area (Å²) < 4.78 is 30.7. The lowest BCUT2D eigenvalue weighted by Crippen LogP contribution is -2.55. The highest BCUT2D eigenvalue weighted by atomic mass is 79.9. The van der Waals surface area contributed by atoms with Gasteiger partial charge in [0.15, 0.2) is 0 Å². The predicted molar refractivity (Wildman–Crippen MR) is 195 cm³/mol. The Morgan fingerprint density at radius 3 is 2.12 bits per heavy atom. The standard InChI is InChI=1S/C39H44BrN3O4S/c1-28-14-22-36(23-15-28)48(46,47)43(35-21-16-29(2)30(3)24-35)27-38(44)42(26-32-17-19-33(40)20-18-32)37(25-31-10-6-4-7-11-31)39(45)41-34-12-8-5-9-13-34/h4,6-7,10-11,14-24,34,37H,5,8-9,12-13,25-27H2,1-3H3,(H,41,45)/t37-/m1/s1. The molecule has 0 aliphatic heterocycles. The Bertz CT molecular complexity index is 1810. The van der Waals surface area contributed by atoms with Crippen LogP contribution >= 0.6 is 15.9 Å². The SMILES string of the molecule is Cc1ccc(S(=O)(=O)N(CC(=O)N(Cc2ccc(Br)cc2)[C@H](Cc2ccccc2)C(=O)NC2CCCCC2)c2ccc(C)c(C)c2)cc1. The number of rotatable bonds is 12. The molecule has 0 bridgehead atoms. The predicted octanol–water partition coefficient (Wildman–Crippen LogP) is 7.66. The van der Waals surface area contributed by atoms with Gasteiger partial charge in [-0.05, 0) is 92.3 Å². The molecule has 4 aromatic carbocycles. The van der Waals surface area contributed by atoms with Crippen LogP contribution in [0.3, 0.4) is 0 Å². The van der Waals surface area contributed by atoms with Crippen molar-refractivity contribution in [3.05, 3.63) is 129 Å². The summed E-state index contributed by atoms with van der Waals surface area (Å²) >= 11 is 3.49. The molecule has 9 heteroatoms. The highest BCUT2D eigenvalue weighted by Gasteiger charge is 2.35. The van der Waals surface area contributed by atoms with Gasteiger partial charge in [-0.2, -0.15) is 0 Å². The molecule has 0 aromatic heterocycles. The third-order valence-electron chi connectivity index (χ3n) is 9.16. The molecule has 4 aromatic rings. The van der Waals surface area contributed by atoms with Crippen LogP contribution < -0.4 is 9.62 Å². The van der Waals surface area contributed by atoms with E-state index in [4.69, 9.17) is 0 Å². The van der Waals surface area contributed by atoms with Crippen LogP contribution in [0.25, 0.3) is 0 Å². The number of amides is 2. The molecule has 48 heavy (non-hydrogen) atoms. The van der Waals surface area contributed by atoms with E-state index in [0.717, 1.165) is 64.4 Å². The molecule has 0 spiro atoms. The van der Waals surface area contributed by atoms with Crippen LogP contribution in [0.15, 0.2) is 106 Å². The largest absolute Gasteiger partial charge is 0.352 e.